The monoisotopic (exact) mass is 512 g/mol. The van der Waals surface area contributed by atoms with E-state index in [-0.39, 0.29) is 17.5 Å². The van der Waals surface area contributed by atoms with Gasteiger partial charge in [0.15, 0.2) is 0 Å². The number of aryl methyl sites for hydroxylation is 1. The van der Waals surface area contributed by atoms with Gasteiger partial charge in [-0.3, -0.25) is 9.69 Å². The number of amides is 3. The summed E-state index contributed by atoms with van der Waals surface area (Å²) in [7, 11) is 2.00. The average Bonchev–Trinajstić information content (AvgIpc) is 3.48. The number of likely N-dealkylation sites (N-methyl/N-ethyl adjacent to an activating group) is 1. The maximum atomic E-state index is 12.9. The number of rotatable bonds is 3. The van der Waals surface area contributed by atoms with Gasteiger partial charge < -0.3 is 20.2 Å². The van der Waals surface area contributed by atoms with E-state index in [1.807, 2.05) is 57.9 Å². The fourth-order valence-electron chi connectivity index (χ4n) is 4.22. The maximum absolute atomic E-state index is 12.9. The molecule has 8 nitrogen and oxygen atoms in total. The van der Waals surface area contributed by atoms with Crippen molar-refractivity contribution in [2.45, 2.75) is 31.5 Å². The second kappa shape index (κ2) is 10.6. The van der Waals surface area contributed by atoms with Gasteiger partial charge in [0.2, 0.25) is 5.91 Å². The minimum absolute atomic E-state index is 0.0647. The fourth-order valence-corrected chi connectivity index (χ4v) is 4.86. The number of carboxylic acids is 1. The number of anilines is 2. The molecule has 12 heteroatoms. The molecule has 2 saturated heterocycles. The van der Waals surface area contributed by atoms with E-state index in [4.69, 9.17) is 9.90 Å². The minimum Gasteiger partial charge on any atom is -0.475 e. The molecule has 0 radical (unpaired) electrons. The number of carbonyl (C=O) groups is 3. The molecule has 3 amide bonds. The van der Waals surface area contributed by atoms with E-state index in [0.717, 1.165) is 29.8 Å². The molecule has 0 bridgehead atoms. The number of piperazine rings is 1. The molecule has 1 aromatic heterocycles. The highest BCUT2D eigenvalue weighted by molar-refractivity contribution is 7.08. The lowest BCUT2D eigenvalue weighted by Crippen LogP contribution is -2.64. The van der Waals surface area contributed by atoms with E-state index in [9.17, 15) is 22.8 Å². The van der Waals surface area contributed by atoms with Crippen molar-refractivity contribution in [3.63, 3.8) is 0 Å². The quantitative estimate of drug-likeness (QED) is 0.651. The van der Waals surface area contributed by atoms with Gasteiger partial charge in [0.25, 0.3) is 0 Å². The highest BCUT2D eigenvalue weighted by atomic mass is 32.1. The van der Waals surface area contributed by atoms with Crippen LogP contribution in [0.1, 0.15) is 18.9 Å². The molecular formula is C23H27F3N4O4S. The lowest BCUT2D eigenvalue weighted by atomic mass is 9.93. The van der Waals surface area contributed by atoms with Crippen LogP contribution in [0.5, 0.6) is 0 Å². The van der Waals surface area contributed by atoms with Crippen LogP contribution in [0.25, 0.3) is 0 Å². The molecular weight excluding hydrogens is 485 g/mol. The molecule has 0 aliphatic carbocycles. The Labute approximate surface area is 204 Å². The lowest BCUT2D eigenvalue weighted by molar-refractivity contribution is -0.192. The predicted molar refractivity (Wildman–Crippen MR) is 127 cm³/mol. The highest BCUT2D eigenvalue weighted by Crippen LogP contribution is 2.34. The van der Waals surface area contributed by atoms with E-state index in [2.05, 4.69) is 17.1 Å². The molecule has 1 atom stereocenters. The van der Waals surface area contributed by atoms with Crippen molar-refractivity contribution in [3.8, 4) is 0 Å². The third-order valence-electron chi connectivity index (χ3n) is 6.26. The van der Waals surface area contributed by atoms with E-state index in [1.54, 1.807) is 11.3 Å². The number of urea groups is 1. The molecule has 4 rings (SSSR count). The first-order valence-electron chi connectivity index (χ1n) is 10.9. The zero-order valence-electron chi connectivity index (χ0n) is 19.3. The van der Waals surface area contributed by atoms with Gasteiger partial charge in [0.05, 0.1) is 17.8 Å². The number of hydrogen-bond acceptors (Lipinski definition) is 5. The summed E-state index contributed by atoms with van der Waals surface area (Å²) < 4.78 is 31.7. The number of aliphatic carboxylic acids is 1. The van der Waals surface area contributed by atoms with Gasteiger partial charge in [-0.1, -0.05) is 25.1 Å². The van der Waals surface area contributed by atoms with E-state index >= 15 is 0 Å². The number of alkyl halides is 3. The fraction of sp³-hybridized carbons (Fsp3) is 0.435. The van der Waals surface area contributed by atoms with Crippen LogP contribution in [0.4, 0.5) is 29.3 Å². The second-order valence-corrected chi connectivity index (χ2v) is 9.24. The topological polar surface area (TPSA) is 93.2 Å². The van der Waals surface area contributed by atoms with Crippen LogP contribution in [0.3, 0.4) is 0 Å². The van der Waals surface area contributed by atoms with Crippen LogP contribution < -0.4 is 10.2 Å². The Hall–Kier alpha value is -3.12. The van der Waals surface area contributed by atoms with E-state index in [1.165, 1.54) is 0 Å². The van der Waals surface area contributed by atoms with Crippen LogP contribution in [0.15, 0.2) is 41.1 Å². The Kier molecular flexibility index (Phi) is 8.06. The molecule has 2 aliphatic heterocycles. The zero-order chi connectivity index (χ0) is 25.8. The number of benzene rings is 1. The molecule has 2 aromatic rings. The van der Waals surface area contributed by atoms with Crippen molar-refractivity contribution in [1.82, 2.24) is 9.80 Å². The molecule has 1 aromatic carbocycles. The van der Waals surface area contributed by atoms with Crippen molar-refractivity contribution in [1.29, 1.82) is 0 Å². The van der Waals surface area contributed by atoms with Crippen LogP contribution in [-0.4, -0.2) is 77.8 Å². The Morgan fingerprint density at radius 1 is 1.20 bits per heavy atom. The molecule has 1 unspecified atom stereocenters. The molecule has 35 heavy (non-hydrogen) atoms. The molecule has 1 spiro atoms. The third-order valence-corrected chi connectivity index (χ3v) is 6.93. The summed E-state index contributed by atoms with van der Waals surface area (Å²) in [6.45, 7) is 4.40. The standard InChI is InChI=1S/C21H26N4O2S.C2HF3O2/c1-3-16-6-4-5-7-18(16)22-20(27)24-10-9-21(14-24)15-25(17-8-11-28-13-17)19(26)12-23(21)2;3-2(4,5)1(6)7/h4-8,11,13H,3,9-10,12,14-15H2,1-2H3,(H,22,27);(H,6,7). The largest absolute Gasteiger partial charge is 0.490 e. The van der Waals surface area contributed by atoms with E-state index in [0.29, 0.717) is 26.2 Å². The van der Waals surface area contributed by atoms with Crippen LogP contribution in [-0.2, 0) is 16.0 Å². The number of carbonyl (C=O) groups excluding carboxylic acids is 2. The summed E-state index contributed by atoms with van der Waals surface area (Å²) in [5, 5.41) is 14.2. The van der Waals surface area contributed by atoms with Crippen molar-refractivity contribution < 1.29 is 32.7 Å². The SMILES string of the molecule is CCc1ccccc1NC(=O)N1CCC2(C1)CN(c1ccsc1)C(=O)CN2C.O=C(O)C(F)(F)F. The summed E-state index contributed by atoms with van der Waals surface area (Å²) >= 11 is 1.60. The van der Waals surface area contributed by atoms with Gasteiger partial charge in [0.1, 0.15) is 0 Å². The Morgan fingerprint density at radius 3 is 2.49 bits per heavy atom. The van der Waals surface area contributed by atoms with Gasteiger partial charge in [-0.05, 0) is 43.0 Å². The normalized spacial score (nSPS) is 20.5. The summed E-state index contributed by atoms with van der Waals surface area (Å²) in [5.74, 6) is -2.64. The highest BCUT2D eigenvalue weighted by Gasteiger charge is 2.48. The number of para-hydroxylation sites is 1. The maximum Gasteiger partial charge on any atom is 0.490 e. The summed E-state index contributed by atoms with van der Waals surface area (Å²) in [6.07, 6.45) is -3.35. The van der Waals surface area contributed by atoms with Gasteiger partial charge >= 0.3 is 18.2 Å². The molecule has 3 heterocycles. The van der Waals surface area contributed by atoms with Crippen molar-refractivity contribution in [2.75, 3.05) is 43.4 Å². The number of likely N-dealkylation sites (tertiary alicyclic amines) is 1. The number of thiophene rings is 1. The summed E-state index contributed by atoms with van der Waals surface area (Å²) in [5.41, 5.74) is 2.77. The lowest BCUT2D eigenvalue weighted by Gasteiger charge is -2.46. The first kappa shape index (κ1) is 26.5. The summed E-state index contributed by atoms with van der Waals surface area (Å²) in [4.78, 5) is 40.3. The number of nitrogens with one attached hydrogen (secondary N) is 1. The number of nitrogens with zero attached hydrogens (tertiary/aromatic N) is 3. The number of halogens is 3. The van der Waals surface area contributed by atoms with Crippen LogP contribution in [0.2, 0.25) is 0 Å². The van der Waals surface area contributed by atoms with Crippen molar-refractivity contribution >= 4 is 40.6 Å². The minimum atomic E-state index is -5.08. The predicted octanol–water partition coefficient (Wildman–Crippen LogP) is 3.90. The molecule has 190 valence electrons. The number of hydrogen-bond donors (Lipinski definition) is 2. The van der Waals surface area contributed by atoms with Gasteiger partial charge in [-0.25, -0.2) is 9.59 Å². The van der Waals surface area contributed by atoms with E-state index < -0.39 is 12.1 Å². The Morgan fingerprint density at radius 2 is 1.89 bits per heavy atom. The van der Waals surface area contributed by atoms with Crippen LogP contribution in [0, 0.1) is 0 Å². The zero-order valence-corrected chi connectivity index (χ0v) is 20.2. The van der Waals surface area contributed by atoms with Gasteiger partial charge in [-0.2, -0.15) is 24.5 Å². The molecule has 0 saturated carbocycles. The molecule has 2 aliphatic rings. The summed E-state index contributed by atoms with van der Waals surface area (Å²) in [6, 6.07) is 9.85. The van der Waals surface area contributed by atoms with Crippen LogP contribution >= 0.6 is 11.3 Å². The Balaban J connectivity index is 0.000000429. The average molecular weight is 513 g/mol. The molecule has 2 fully saturated rings. The first-order chi connectivity index (χ1) is 16.5. The van der Waals surface area contributed by atoms with Gasteiger partial charge in [0, 0.05) is 30.7 Å². The smallest absolute Gasteiger partial charge is 0.475 e. The van der Waals surface area contributed by atoms with Gasteiger partial charge in [-0.15, -0.1) is 0 Å². The van der Waals surface area contributed by atoms with Crippen molar-refractivity contribution in [2.24, 2.45) is 0 Å². The third kappa shape index (κ3) is 6.12. The number of carboxylic acid groups (broad SMARTS) is 1. The first-order valence-corrected chi connectivity index (χ1v) is 11.9. The van der Waals surface area contributed by atoms with Crippen molar-refractivity contribution in [3.05, 3.63) is 46.7 Å². The Bertz CT molecular complexity index is 1060. The second-order valence-electron chi connectivity index (χ2n) is 8.46. The molecule has 2 N–H and O–H groups in total.